The highest BCUT2D eigenvalue weighted by atomic mass is 16.3. The van der Waals surface area contributed by atoms with Crippen molar-refractivity contribution in [2.24, 2.45) is 0 Å². The fourth-order valence-corrected chi connectivity index (χ4v) is 1.25. The van der Waals surface area contributed by atoms with Crippen molar-refractivity contribution >= 4 is 5.91 Å². The molecule has 2 N–H and O–H groups in total. The lowest BCUT2D eigenvalue weighted by Crippen LogP contribution is -2.48. The molecule has 70 valence electrons. The Bertz CT molecular complexity index is 153. The molecule has 1 aliphatic heterocycles. The van der Waals surface area contributed by atoms with Crippen LogP contribution in [-0.4, -0.2) is 35.2 Å². The Kier molecular flexibility index (Phi) is 3.49. The zero-order chi connectivity index (χ0) is 8.97. The van der Waals surface area contributed by atoms with Crippen molar-refractivity contribution in [3.8, 4) is 0 Å². The molecule has 1 saturated heterocycles. The van der Waals surface area contributed by atoms with Gasteiger partial charge in [-0.25, -0.2) is 5.01 Å². The van der Waals surface area contributed by atoms with E-state index in [2.05, 4.69) is 5.43 Å². The van der Waals surface area contributed by atoms with Crippen LogP contribution in [0.1, 0.15) is 26.2 Å². The van der Waals surface area contributed by atoms with Gasteiger partial charge in [0, 0.05) is 13.1 Å². The van der Waals surface area contributed by atoms with Crippen molar-refractivity contribution in [1.29, 1.82) is 0 Å². The molecule has 1 heterocycles. The van der Waals surface area contributed by atoms with Crippen molar-refractivity contribution in [2.45, 2.75) is 32.3 Å². The van der Waals surface area contributed by atoms with Crippen LogP contribution in [0.2, 0.25) is 0 Å². The van der Waals surface area contributed by atoms with E-state index >= 15 is 0 Å². The standard InChI is InChI=1S/C8H16N2O2/c1-7(11)8(12)9-10-5-3-2-4-6-10/h7,11H,2-6H2,1H3,(H,9,12). The van der Waals surface area contributed by atoms with Crippen molar-refractivity contribution in [3.63, 3.8) is 0 Å². The van der Waals surface area contributed by atoms with Gasteiger partial charge in [0.05, 0.1) is 0 Å². The first-order chi connectivity index (χ1) is 5.70. The minimum atomic E-state index is -0.910. The third-order valence-corrected chi connectivity index (χ3v) is 2.00. The fraction of sp³-hybridized carbons (Fsp3) is 0.875. The van der Waals surface area contributed by atoms with Gasteiger partial charge in [0.2, 0.25) is 0 Å². The molecule has 0 aromatic rings. The number of nitrogens with zero attached hydrogens (tertiary/aromatic N) is 1. The molecule has 1 rings (SSSR count). The van der Waals surface area contributed by atoms with Crippen molar-refractivity contribution < 1.29 is 9.90 Å². The highest BCUT2D eigenvalue weighted by Crippen LogP contribution is 2.05. The third kappa shape index (κ3) is 2.79. The van der Waals surface area contributed by atoms with Crippen LogP contribution in [-0.2, 0) is 4.79 Å². The number of aliphatic hydroxyl groups excluding tert-OH is 1. The Morgan fingerprint density at radius 2 is 2.00 bits per heavy atom. The average Bonchev–Trinajstić information content (AvgIpc) is 2.06. The van der Waals surface area contributed by atoms with E-state index in [-0.39, 0.29) is 5.91 Å². The Balaban J connectivity index is 2.24. The van der Waals surface area contributed by atoms with Crippen molar-refractivity contribution in [2.75, 3.05) is 13.1 Å². The predicted molar refractivity (Wildman–Crippen MR) is 45.2 cm³/mol. The van der Waals surface area contributed by atoms with E-state index in [1.54, 1.807) is 0 Å². The molecule has 4 heteroatoms. The molecule has 1 unspecified atom stereocenters. The van der Waals surface area contributed by atoms with Crippen LogP contribution in [0.4, 0.5) is 0 Å². The number of hydrazine groups is 1. The summed E-state index contributed by atoms with van der Waals surface area (Å²) >= 11 is 0. The van der Waals surface area contributed by atoms with E-state index in [1.807, 2.05) is 5.01 Å². The molecule has 0 spiro atoms. The molecule has 0 radical (unpaired) electrons. The highest BCUT2D eigenvalue weighted by Gasteiger charge is 2.15. The summed E-state index contributed by atoms with van der Waals surface area (Å²) < 4.78 is 0. The molecule has 0 aliphatic carbocycles. The molecule has 0 bridgehead atoms. The Morgan fingerprint density at radius 3 is 2.50 bits per heavy atom. The summed E-state index contributed by atoms with van der Waals surface area (Å²) in [4.78, 5) is 11.0. The predicted octanol–water partition coefficient (Wildman–Crippen LogP) is -0.116. The summed E-state index contributed by atoms with van der Waals surface area (Å²) in [5, 5.41) is 10.8. The maximum absolute atomic E-state index is 11.0. The Hall–Kier alpha value is -0.610. The Labute approximate surface area is 72.5 Å². The number of aliphatic hydroxyl groups is 1. The number of amides is 1. The molecule has 1 amide bonds. The zero-order valence-corrected chi connectivity index (χ0v) is 7.42. The number of carbonyl (C=O) groups excluding carboxylic acids is 1. The molecule has 1 atom stereocenters. The van der Waals surface area contributed by atoms with Gasteiger partial charge in [-0.2, -0.15) is 0 Å². The van der Waals surface area contributed by atoms with Gasteiger partial charge in [-0.15, -0.1) is 0 Å². The van der Waals surface area contributed by atoms with Crippen molar-refractivity contribution in [3.05, 3.63) is 0 Å². The summed E-state index contributed by atoms with van der Waals surface area (Å²) in [5.74, 6) is -0.308. The van der Waals surface area contributed by atoms with E-state index < -0.39 is 6.10 Å². The second-order valence-electron chi connectivity index (χ2n) is 3.20. The minimum Gasteiger partial charge on any atom is -0.384 e. The number of hydrogen-bond acceptors (Lipinski definition) is 3. The SMILES string of the molecule is CC(O)C(=O)NN1CCCCC1. The van der Waals surface area contributed by atoms with E-state index in [9.17, 15) is 4.79 Å². The molecule has 4 nitrogen and oxygen atoms in total. The first-order valence-corrected chi connectivity index (χ1v) is 4.43. The lowest BCUT2D eigenvalue weighted by Gasteiger charge is -2.27. The quantitative estimate of drug-likeness (QED) is 0.611. The molecule has 1 fully saturated rings. The molecular formula is C8H16N2O2. The van der Waals surface area contributed by atoms with E-state index in [0.717, 1.165) is 25.9 Å². The van der Waals surface area contributed by atoms with Gasteiger partial charge in [0.1, 0.15) is 6.10 Å². The largest absolute Gasteiger partial charge is 0.384 e. The van der Waals surface area contributed by atoms with Crippen LogP contribution in [0.25, 0.3) is 0 Å². The maximum Gasteiger partial charge on any atom is 0.262 e. The lowest BCUT2D eigenvalue weighted by atomic mass is 10.2. The molecule has 1 aliphatic rings. The van der Waals surface area contributed by atoms with E-state index in [4.69, 9.17) is 5.11 Å². The maximum atomic E-state index is 11.0. The third-order valence-electron chi connectivity index (χ3n) is 2.00. The molecule has 12 heavy (non-hydrogen) atoms. The average molecular weight is 172 g/mol. The molecule has 0 aromatic carbocycles. The minimum absolute atomic E-state index is 0.308. The van der Waals surface area contributed by atoms with Crippen LogP contribution < -0.4 is 5.43 Å². The zero-order valence-electron chi connectivity index (χ0n) is 7.42. The smallest absolute Gasteiger partial charge is 0.262 e. The molecular weight excluding hydrogens is 156 g/mol. The first kappa shape index (κ1) is 9.48. The fourth-order valence-electron chi connectivity index (χ4n) is 1.25. The number of nitrogens with one attached hydrogen (secondary N) is 1. The van der Waals surface area contributed by atoms with Gasteiger partial charge in [-0.1, -0.05) is 6.42 Å². The normalized spacial score (nSPS) is 21.8. The summed E-state index contributed by atoms with van der Waals surface area (Å²) in [6.45, 7) is 3.27. The number of carbonyl (C=O) groups is 1. The molecule has 0 saturated carbocycles. The Morgan fingerprint density at radius 1 is 1.42 bits per heavy atom. The van der Waals surface area contributed by atoms with Crippen LogP contribution in [0.15, 0.2) is 0 Å². The first-order valence-electron chi connectivity index (χ1n) is 4.43. The van der Waals surface area contributed by atoms with Gasteiger partial charge in [0.15, 0.2) is 0 Å². The van der Waals surface area contributed by atoms with Gasteiger partial charge >= 0.3 is 0 Å². The highest BCUT2D eigenvalue weighted by molar-refractivity contribution is 5.79. The van der Waals surface area contributed by atoms with Crippen LogP contribution in [0, 0.1) is 0 Å². The van der Waals surface area contributed by atoms with E-state index in [0.29, 0.717) is 0 Å². The van der Waals surface area contributed by atoms with E-state index in [1.165, 1.54) is 13.3 Å². The lowest BCUT2D eigenvalue weighted by molar-refractivity contribution is -0.134. The summed E-state index contributed by atoms with van der Waals surface area (Å²) in [7, 11) is 0. The summed E-state index contributed by atoms with van der Waals surface area (Å²) in [5.41, 5.74) is 2.66. The number of piperidine rings is 1. The number of hydrogen-bond donors (Lipinski definition) is 2. The van der Waals surface area contributed by atoms with Gasteiger partial charge in [0.25, 0.3) is 5.91 Å². The van der Waals surface area contributed by atoms with Gasteiger partial charge in [-0.3, -0.25) is 10.2 Å². The molecule has 0 aromatic heterocycles. The van der Waals surface area contributed by atoms with Crippen LogP contribution in [0.3, 0.4) is 0 Å². The van der Waals surface area contributed by atoms with Crippen LogP contribution in [0.5, 0.6) is 0 Å². The van der Waals surface area contributed by atoms with Gasteiger partial charge < -0.3 is 5.11 Å². The summed E-state index contributed by atoms with van der Waals surface area (Å²) in [6.07, 6.45) is 2.58. The second-order valence-corrected chi connectivity index (χ2v) is 3.20. The topological polar surface area (TPSA) is 52.6 Å². The summed E-state index contributed by atoms with van der Waals surface area (Å²) in [6, 6.07) is 0. The van der Waals surface area contributed by atoms with Crippen molar-refractivity contribution in [1.82, 2.24) is 10.4 Å². The number of rotatable bonds is 2. The monoisotopic (exact) mass is 172 g/mol. The second kappa shape index (κ2) is 4.42. The van der Waals surface area contributed by atoms with Gasteiger partial charge in [-0.05, 0) is 19.8 Å². The van der Waals surface area contributed by atoms with Crippen LogP contribution >= 0.6 is 0 Å².